The summed E-state index contributed by atoms with van der Waals surface area (Å²) in [6.45, 7) is 1.70. The highest BCUT2D eigenvalue weighted by Gasteiger charge is 2.31. The van der Waals surface area contributed by atoms with E-state index in [-0.39, 0.29) is 11.5 Å². The molecule has 6 nitrogen and oxygen atoms in total. The fourth-order valence-electron chi connectivity index (χ4n) is 2.69. The predicted octanol–water partition coefficient (Wildman–Crippen LogP) is 4.70. The summed E-state index contributed by atoms with van der Waals surface area (Å²) >= 11 is 4.66. The van der Waals surface area contributed by atoms with Crippen LogP contribution in [0.4, 0.5) is 5.69 Å². The first-order chi connectivity index (χ1) is 13.3. The number of carboxylic acid groups (broad SMARTS) is 1. The normalized spacial score (nSPS) is 16.9. The lowest BCUT2D eigenvalue weighted by atomic mass is 10.1. The van der Waals surface area contributed by atoms with Crippen molar-refractivity contribution < 1.29 is 19.4 Å². The molecule has 28 heavy (non-hydrogen) atoms. The lowest BCUT2D eigenvalue weighted by molar-refractivity contribution is -0.121. The Kier molecular flexibility index (Phi) is 5.90. The smallest absolute Gasteiger partial charge is 0.336 e. The molecule has 0 saturated carbocycles. The molecule has 144 valence electrons. The second-order valence-corrected chi connectivity index (χ2v) is 7.94. The third-order valence-corrected chi connectivity index (χ3v) is 5.79. The number of likely N-dealkylation sites (N-methyl/N-ethyl adjacent to an activating group) is 1. The number of carbonyl (C=O) groups is 2. The van der Waals surface area contributed by atoms with E-state index < -0.39 is 5.97 Å². The van der Waals surface area contributed by atoms with Crippen LogP contribution in [-0.4, -0.2) is 41.2 Å². The van der Waals surface area contributed by atoms with Crippen molar-refractivity contribution in [2.45, 2.75) is 6.92 Å². The van der Waals surface area contributed by atoms with Gasteiger partial charge in [0, 0.05) is 17.1 Å². The van der Waals surface area contributed by atoms with Crippen molar-refractivity contribution in [3.63, 3.8) is 0 Å². The second kappa shape index (κ2) is 8.20. The number of methoxy groups -OCH3 is 1. The maximum Gasteiger partial charge on any atom is 0.336 e. The molecule has 1 heterocycles. The van der Waals surface area contributed by atoms with Crippen molar-refractivity contribution in [2.75, 3.05) is 14.2 Å². The van der Waals surface area contributed by atoms with Gasteiger partial charge in [0.25, 0.3) is 5.91 Å². The van der Waals surface area contributed by atoms with Gasteiger partial charge in [-0.25, -0.2) is 9.79 Å². The van der Waals surface area contributed by atoms with Crippen LogP contribution in [0, 0.1) is 6.92 Å². The number of carboxylic acids is 1. The standard InChI is InChI=1S/C20H17BrN2O4S/c1-11-14(19(25)26)5-4-6-15(11)22-20-23(2)18(24)17(28-20)10-12-9-13(21)7-8-16(12)27-3/h4-10H,1-3H3,(H,25,26)/b17-10-,22-20?. The van der Waals surface area contributed by atoms with E-state index in [1.807, 2.05) is 18.2 Å². The van der Waals surface area contributed by atoms with Crippen molar-refractivity contribution in [3.05, 3.63) is 62.5 Å². The number of nitrogens with zero attached hydrogens (tertiary/aromatic N) is 2. The van der Waals surface area contributed by atoms with E-state index in [0.29, 0.717) is 27.1 Å². The third-order valence-electron chi connectivity index (χ3n) is 4.23. The fraction of sp³-hybridized carbons (Fsp3) is 0.150. The summed E-state index contributed by atoms with van der Waals surface area (Å²) in [5, 5.41) is 9.76. The SMILES string of the molecule is COc1ccc(Br)cc1/C=C1\SC(=Nc2cccc(C(=O)O)c2C)N(C)C1=O. The molecule has 2 aromatic rings. The molecule has 0 radical (unpaired) electrons. The number of ether oxygens (including phenoxy) is 1. The number of hydrogen-bond acceptors (Lipinski definition) is 5. The van der Waals surface area contributed by atoms with Crippen LogP contribution in [0.2, 0.25) is 0 Å². The van der Waals surface area contributed by atoms with Crippen LogP contribution in [0.15, 0.2) is 50.8 Å². The lowest BCUT2D eigenvalue weighted by Gasteiger charge is -2.09. The van der Waals surface area contributed by atoms with Crippen LogP contribution in [0.25, 0.3) is 6.08 Å². The molecule has 0 unspecified atom stereocenters. The average molecular weight is 461 g/mol. The van der Waals surface area contributed by atoms with E-state index in [1.165, 1.54) is 22.7 Å². The van der Waals surface area contributed by atoms with Crippen LogP contribution in [-0.2, 0) is 4.79 Å². The van der Waals surface area contributed by atoms with Crippen LogP contribution in [0.5, 0.6) is 5.75 Å². The molecule has 3 rings (SSSR count). The number of benzene rings is 2. The topological polar surface area (TPSA) is 79.2 Å². The number of halogens is 1. The Hall–Kier alpha value is -2.58. The zero-order valence-corrected chi connectivity index (χ0v) is 17.8. The Morgan fingerprint density at radius 3 is 2.75 bits per heavy atom. The Labute approximate surface area is 175 Å². The van der Waals surface area contributed by atoms with E-state index in [0.717, 1.165) is 10.0 Å². The molecule has 0 spiro atoms. The molecule has 1 N–H and O–H groups in total. The molecule has 0 aliphatic carbocycles. The first-order valence-electron chi connectivity index (χ1n) is 8.24. The van der Waals surface area contributed by atoms with Gasteiger partial charge in [-0.3, -0.25) is 9.69 Å². The number of amidine groups is 1. The first-order valence-corrected chi connectivity index (χ1v) is 9.85. The Bertz CT molecular complexity index is 1030. The van der Waals surface area contributed by atoms with Gasteiger partial charge >= 0.3 is 5.97 Å². The fourth-order valence-corrected chi connectivity index (χ4v) is 4.04. The van der Waals surface area contributed by atoms with E-state index in [9.17, 15) is 14.7 Å². The molecule has 1 saturated heterocycles. The van der Waals surface area contributed by atoms with E-state index in [1.54, 1.807) is 39.3 Å². The summed E-state index contributed by atoms with van der Waals surface area (Å²) in [4.78, 5) is 30.5. The summed E-state index contributed by atoms with van der Waals surface area (Å²) in [5.74, 6) is -0.537. The van der Waals surface area contributed by atoms with Gasteiger partial charge in [0.05, 0.1) is 23.3 Å². The highest BCUT2D eigenvalue weighted by atomic mass is 79.9. The van der Waals surface area contributed by atoms with E-state index in [4.69, 9.17) is 4.74 Å². The van der Waals surface area contributed by atoms with E-state index >= 15 is 0 Å². The summed E-state index contributed by atoms with van der Waals surface area (Å²) in [7, 11) is 3.22. The molecule has 0 atom stereocenters. The molecule has 1 fully saturated rings. The first kappa shape index (κ1) is 20.2. The molecular weight excluding hydrogens is 444 g/mol. The van der Waals surface area contributed by atoms with Gasteiger partial charge in [-0.15, -0.1) is 0 Å². The quantitative estimate of drug-likeness (QED) is 0.668. The van der Waals surface area contributed by atoms with Gasteiger partial charge in [0.2, 0.25) is 0 Å². The number of amides is 1. The van der Waals surface area contributed by atoms with Crippen LogP contribution in [0.1, 0.15) is 21.5 Å². The molecule has 0 aromatic heterocycles. The van der Waals surface area contributed by atoms with Crippen molar-refractivity contribution in [1.29, 1.82) is 0 Å². The number of thioether (sulfide) groups is 1. The van der Waals surface area contributed by atoms with Crippen LogP contribution < -0.4 is 4.74 Å². The second-order valence-electron chi connectivity index (χ2n) is 6.01. The summed E-state index contributed by atoms with van der Waals surface area (Å²) in [6.07, 6.45) is 1.76. The van der Waals surface area contributed by atoms with Gasteiger partial charge in [-0.05, 0) is 60.7 Å². The zero-order valence-electron chi connectivity index (χ0n) is 15.4. The maximum absolute atomic E-state index is 12.7. The molecule has 1 aliphatic heterocycles. The zero-order chi connectivity index (χ0) is 20.4. The van der Waals surface area contributed by atoms with Crippen molar-refractivity contribution in [3.8, 4) is 5.75 Å². The van der Waals surface area contributed by atoms with Gasteiger partial charge < -0.3 is 9.84 Å². The van der Waals surface area contributed by atoms with Crippen molar-refractivity contribution in [2.24, 2.45) is 4.99 Å². The van der Waals surface area contributed by atoms with Crippen LogP contribution in [0.3, 0.4) is 0 Å². The molecule has 1 aliphatic rings. The van der Waals surface area contributed by atoms with Crippen molar-refractivity contribution >= 4 is 56.5 Å². The van der Waals surface area contributed by atoms with E-state index in [2.05, 4.69) is 20.9 Å². The molecule has 2 aromatic carbocycles. The number of aliphatic imine (C=N–C) groups is 1. The van der Waals surface area contributed by atoms with Gasteiger partial charge in [-0.1, -0.05) is 22.0 Å². The Balaban J connectivity index is 1.99. The number of carbonyl (C=O) groups excluding carboxylic acids is 1. The van der Waals surface area contributed by atoms with Gasteiger partial charge in [0.15, 0.2) is 5.17 Å². The molecule has 8 heteroatoms. The van der Waals surface area contributed by atoms with Gasteiger partial charge in [-0.2, -0.15) is 0 Å². The van der Waals surface area contributed by atoms with Gasteiger partial charge in [0.1, 0.15) is 5.75 Å². The highest BCUT2D eigenvalue weighted by molar-refractivity contribution is 9.10. The predicted molar refractivity (Wildman–Crippen MR) is 114 cm³/mol. The number of hydrogen-bond donors (Lipinski definition) is 1. The van der Waals surface area contributed by atoms with Crippen LogP contribution >= 0.6 is 27.7 Å². The Morgan fingerprint density at radius 1 is 1.32 bits per heavy atom. The largest absolute Gasteiger partial charge is 0.496 e. The molecule has 0 bridgehead atoms. The summed E-state index contributed by atoms with van der Waals surface area (Å²) in [5.41, 5.74) is 2.03. The summed E-state index contributed by atoms with van der Waals surface area (Å²) < 4.78 is 6.24. The third kappa shape index (κ3) is 3.98. The number of rotatable bonds is 4. The minimum absolute atomic E-state index is 0.183. The minimum Gasteiger partial charge on any atom is -0.496 e. The monoisotopic (exact) mass is 460 g/mol. The molecule has 1 amide bonds. The lowest BCUT2D eigenvalue weighted by Crippen LogP contribution is -2.23. The Morgan fingerprint density at radius 2 is 2.07 bits per heavy atom. The average Bonchev–Trinajstić information content (AvgIpc) is 2.91. The maximum atomic E-state index is 12.7. The summed E-state index contributed by atoms with van der Waals surface area (Å²) in [6, 6.07) is 10.5. The molecular formula is C20H17BrN2O4S. The highest BCUT2D eigenvalue weighted by Crippen LogP contribution is 2.36. The number of aromatic carboxylic acids is 1. The minimum atomic E-state index is -1.01. The van der Waals surface area contributed by atoms with Crippen molar-refractivity contribution in [1.82, 2.24) is 4.90 Å².